The second-order valence-electron chi connectivity index (χ2n) is 20.4. The summed E-state index contributed by atoms with van der Waals surface area (Å²) in [6.45, 7) is 6.40. The lowest BCUT2D eigenvalue weighted by molar-refractivity contribution is -0.151. The van der Waals surface area contributed by atoms with Gasteiger partial charge in [0.25, 0.3) is 0 Å². The van der Waals surface area contributed by atoms with Crippen LogP contribution >= 0.6 is 0 Å². The number of aliphatic hydroxyl groups excluding tert-OH is 2. The number of carbonyl (C=O) groups excluding carboxylic acids is 2. The second kappa shape index (κ2) is 56.5. The summed E-state index contributed by atoms with van der Waals surface area (Å²) in [7, 11) is 0. The number of esters is 1. The Morgan fingerprint density at radius 2 is 0.783 bits per heavy atom. The number of hydrogen-bond donors (Lipinski definition) is 3. The SMILES string of the molecule is CC/C=C\C/C=C\C/C=C\C/C=C\C/C=C\CCCCCC(=O)OC(CCCCCCCCCCCCCCCCCC)CC(=O)NC(CO)C(O)CCCCCCCCCCCCCCCCC. The molecule has 0 radical (unpaired) electrons. The van der Waals surface area contributed by atoms with Gasteiger partial charge >= 0.3 is 5.97 Å². The van der Waals surface area contributed by atoms with Crippen LogP contribution in [-0.4, -0.2) is 46.9 Å². The predicted molar refractivity (Wildman–Crippen MR) is 301 cm³/mol. The van der Waals surface area contributed by atoms with Crippen molar-refractivity contribution in [3.8, 4) is 0 Å². The zero-order valence-electron chi connectivity index (χ0n) is 45.9. The van der Waals surface area contributed by atoms with Crippen molar-refractivity contribution in [1.82, 2.24) is 5.32 Å². The van der Waals surface area contributed by atoms with E-state index in [1.54, 1.807) is 0 Å². The molecule has 0 aliphatic heterocycles. The fourth-order valence-electron chi connectivity index (χ4n) is 9.11. The average Bonchev–Trinajstić information content (AvgIpc) is 3.34. The molecule has 3 atom stereocenters. The highest BCUT2D eigenvalue weighted by Crippen LogP contribution is 2.19. The zero-order valence-corrected chi connectivity index (χ0v) is 45.9. The van der Waals surface area contributed by atoms with Crippen molar-refractivity contribution in [3.05, 3.63) is 60.8 Å². The lowest BCUT2D eigenvalue weighted by Gasteiger charge is -2.24. The van der Waals surface area contributed by atoms with E-state index in [1.807, 2.05) is 0 Å². The third kappa shape index (κ3) is 51.7. The average molecular weight is 967 g/mol. The van der Waals surface area contributed by atoms with Crippen LogP contribution in [0.25, 0.3) is 0 Å². The van der Waals surface area contributed by atoms with Crippen LogP contribution in [0.5, 0.6) is 0 Å². The first-order valence-corrected chi connectivity index (χ1v) is 30.0. The highest BCUT2D eigenvalue weighted by atomic mass is 16.5. The summed E-state index contributed by atoms with van der Waals surface area (Å²) in [4.78, 5) is 26.3. The van der Waals surface area contributed by atoms with Gasteiger partial charge in [0.1, 0.15) is 6.10 Å². The van der Waals surface area contributed by atoms with Crippen molar-refractivity contribution in [2.45, 2.75) is 322 Å². The molecule has 69 heavy (non-hydrogen) atoms. The molecule has 0 aromatic carbocycles. The predicted octanol–water partition coefficient (Wildman–Crippen LogP) is 18.7. The quantitative estimate of drug-likeness (QED) is 0.0321. The van der Waals surface area contributed by atoms with Gasteiger partial charge in [-0.05, 0) is 70.6 Å². The molecular formula is C63H115NO5. The van der Waals surface area contributed by atoms with Gasteiger partial charge in [-0.15, -0.1) is 0 Å². The van der Waals surface area contributed by atoms with Gasteiger partial charge in [0.05, 0.1) is 25.2 Å². The molecule has 3 N–H and O–H groups in total. The summed E-state index contributed by atoms with van der Waals surface area (Å²) in [5.74, 6) is -0.498. The number of amides is 1. The highest BCUT2D eigenvalue weighted by molar-refractivity contribution is 5.77. The van der Waals surface area contributed by atoms with Gasteiger partial charge in [0.15, 0.2) is 0 Å². The Balaban J connectivity index is 4.60. The fraction of sp³-hybridized carbons (Fsp3) is 0.810. The van der Waals surface area contributed by atoms with Gasteiger partial charge in [0.2, 0.25) is 5.91 Å². The minimum atomic E-state index is -0.795. The number of allylic oxidation sites excluding steroid dienone is 10. The summed E-state index contributed by atoms with van der Waals surface area (Å²) in [5.41, 5.74) is 0. The Labute approximate surface area is 428 Å². The van der Waals surface area contributed by atoms with E-state index in [0.29, 0.717) is 19.3 Å². The molecule has 3 unspecified atom stereocenters. The molecular weight excluding hydrogens is 851 g/mol. The normalized spacial score (nSPS) is 13.5. The van der Waals surface area contributed by atoms with E-state index >= 15 is 0 Å². The van der Waals surface area contributed by atoms with Crippen LogP contribution in [0.1, 0.15) is 303 Å². The lowest BCUT2D eigenvalue weighted by Crippen LogP contribution is -2.46. The number of rotatable bonds is 54. The number of aliphatic hydroxyl groups is 2. The van der Waals surface area contributed by atoms with Crippen molar-refractivity contribution < 1.29 is 24.5 Å². The van der Waals surface area contributed by atoms with E-state index in [2.05, 4.69) is 86.8 Å². The Morgan fingerprint density at radius 1 is 0.435 bits per heavy atom. The van der Waals surface area contributed by atoms with Crippen molar-refractivity contribution in [1.29, 1.82) is 0 Å². The largest absolute Gasteiger partial charge is 0.462 e. The van der Waals surface area contributed by atoms with Crippen LogP contribution in [0.4, 0.5) is 0 Å². The molecule has 6 heteroatoms. The summed E-state index contributed by atoms with van der Waals surface area (Å²) >= 11 is 0. The maximum Gasteiger partial charge on any atom is 0.306 e. The maximum absolute atomic E-state index is 13.3. The zero-order chi connectivity index (χ0) is 50.2. The first-order chi connectivity index (χ1) is 34.0. The summed E-state index contributed by atoms with van der Waals surface area (Å²) in [6.07, 6.45) is 71.4. The van der Waals surface area contributed by atoms with E-state index < -0.39 is 18.2 Å². The Kier molecular flexibility index (Phi) is 54.5. The molecule has 0 aliphatic carbocycles. The molecule has 1 amide bonds. The smallest absolute Gasteiger partial charge is 0.306 e. The Hall–Kier alpha value is -2.44. The highest BCUT2D eigenvalue weighted by Gasteiger charge is 2.24. The molecule has 0 rings (SSSR count). The molecule has 0 fully saturated rings. The minimum absolute atomic E-state index is 0.0662. The lowest BCUT2D eigenvalue weighted by atomic mass is 10.0. The molecule has 402 valence electrons. The van der Waals surface area contributed by atoms with E-state index in [4.69, 9.17) is 4.74 Å². The first-order valence-electron chi connectivity index (χ1n) is 30.0. The third-order valence-corrected chi connectivity index (χ3v) is 13.6. The van der Waals surface area contributed by atoms with Gasteiger partial charge in [-0.25, -0.2) is 0 Å². The van der Waals surface area contributed by atoms with Crippen LogP contribution in [-0.2, 0) is 14.3 Å². The molecule has 0 saturated carbocycles. The molecule has 0 bridgehead atoms. The standard InChI is InChI=1S/C63H115NO5/c1-4-7-10-13-16-19-22-25-28-30-31-32-35-38-41-44-47-50-53-56-63(68)69-59(54-51-48-45-42-39-36-34-29-26-23-20-17-14-11-8-5-2)57-62(67)64-60(58-65)61(66)55-52-49-46-43-40-37-33-27-24-21-18-15-12-9-6-3/h7,10,16,19,25,28,31-32,38,41,59-61,65-66H,4-6,8-9,11-15,17-18,20-24,26-27,29-30,33-37,39-40,42-58H2,1-3H3,(H,64,67)/b10-7-,19-16-,28-25-,32-31-,41-38-. The molecule has 6 nitrogen and oxygen atoms in total. The van der Waals surface area contributed by atoms with Gasteiger partial charge in [0, 0.05) is 6.42 Å². The Bertz CT molecular complexity index is 1220. The van der Waals surface area contributed by atoms with Crippen molar-refractivity contribution >= 4 is 11.9 Å². The minimum Gasteiger partial charge on any atom is -0.462 e. The topological polar surface area (TPSA) is 95.9 Å². The van der Waals surface area contributed by atoms with Crippen molar-refractivity contribution in [2.24, 2.45) is 0 Å². The number of hydrogen-bond acceptors (Lipinski definition) is 5. The molecule has 0 heterocycles. The van der Waals surface area contributed by atoms with Gasteiger partial charge in [-0.3, -0.25) is 9.59 Å². The number of nitrogens with one attached hydrogen (secondary N) is 1. The summed E-state index contributed by atoms with van der Waals surface area (Å²) in [6, 6.07) is -0.709. The van der Waals surface area contributed by atoms with Crippen LogP contribution in [0.15, 0.2) is 60.8 Å². The van der Waals surface area contributed by atoms with Crippen molar-refractivity contribution in [3.63, 3.8) is 0 Å². The summed E-state index contributed by atoms with van der Waals surface area (Å²) in [5, 5.41) is 23.9. The van der Waals surface area contributed by atoms with E-state index in [-0.39, 0.29) is 24.9 Å². The van der Waals surface area contributed by atoms with Gasteiger partial charge in [-0.2, -0.15) is 0 Å². The number of unbranched alkanes of at least 4 members (excludes halogenated alkanes) is 32. The molecule has 0 spiro atoms. The molecule has 0 aromatic rings. The van der Waals surface area contributed by atoms with Gasteiger partial charge < -0.3 is 20.3 Å². The Morgan fingerprint density at radius 3 is 1.17 bits per heavy atom. The molecule has 0 saturated heterocycles. The van der Waals surface area contributed by atoms with Crippen LogP contribution in [0, 0.1) is 0 Å². The van der Waals surface area contributed by atoms with E-state index in [9.17, 15) is 19.8 Å². The number of ether oxygens (including phenoxy) is 1. The second-order valence-corrected chi connectivity index (χ2v) is 20.4. The third-order valence-electron chi connectivity index (χ3n) is 13.6. The van der Waals surface area contributed by atoms with Crippen molar-refractivity contribution in [2.75, 3.05) is 6.61 Å². The van der Waals surface area contributed by atoms with Crippen LogP contribution < -0.4 is 5.32 Å². The first kappa shape index (κ1) is 66.6. The van der Waals surface area contributed by atoms with E-state index in [1.165, 1.54) is 167 Å². The van der Waals surface area contributed by atoms with Crippen LogP contribution in [0.2, 0.25) is 0 Å². The van der Waals surface area contributed by atoms with E-state index in [0.717, 1.165) is 89.9 Å². The van der Waals surface area contributed by atoms with Crippen LogP contribution in [0.3, 0.4) is 0 Å². The number of carbonyl (C=O) groups is 2. The fourth-order valence-corrected chi connectivity index (χ4v) is 9.11. The monoisotopic (exact) mass is 966 g/mol. The molecule has 0 aliphatic rings. The maximum atomic E-state index is 13.3. The van der Waals surface area contributed by atoms with Gasteiger partial charge in [-0.1, -0.05) is 281 Å². The summed E-state index contributed by atoms with van der Waals surface area (Å²) < 4.78 is 5.96. The molecule has 0 aromatic heterocycles.